The molecule has 1 aliphatic rings. The monoisotopic (exact) mass is 552 g/mol. The highest BCUT2D eigenvalue weighted by Crippen LogP contribution is 2.29. The second kappa shape index (κ2) is 11.4. The maximum atomic E-state index is 12.0. The van der Waals surface area contributed by atoms with Gasteiger partial charge in [0.15, 0.2) is 5.96 Å². The van der Waals surface area contributed by atoms with E-state index in [0.717, 1.165) is 27.8 Å². The molecular formula is C19H29IN4O3S2. The van der Waals surface area contributed by atoms with Crippen LogP contribution in [0.15, 0.2) is 35.3 Å². The van der Waals surface area contributed by atoms with Gasteiger partial charge in [0.05, 0.1) is 5.75 Å². The minimum Gasteiger partial charge on any atom is -0.386 e. The van der Waals surface area contributed by atoms with Crippen molar-refractivity contribution >= 4 is 61.4 Å². The fraction of sp³-hybridized carbons (Fsp3) is 0.526. The molecule has 1 atom stereocenters. The highest BCUT2D eigenvalue weighted by molar-refractivity contribution is 14.0. The van der Waals surface area contributed by atoms with E-state index in [4.69, 9.17) is 0 Å². The number of fused-ring (bicyclic) bond motifs is 1. The first-order chi connectivity index (χ1) is 13.5. The maximum Gasteiger partial charge on any atom is 0.213 e. The Morgan fingerprint density at radius 2 is 2.07 bits per heavy atom. The lowest BCUT2D eigenvalue weighted by Crippen LogP contribution is -2.43. The number of nitrogens with zero attached hydrogens (tertiary/aromatic N) is 1. The number of guanidine groups is 1. The first-order valence-corrected chi connectivity index (χ1v) is 12.0. The number of thiophene rings is 1. The highest BCUT2D eigenvalue weighted by Gasteiger charge is 2.20. The number of hydrogen-bond acceptors (Lipinski definition) is 5. The molecule has 0 aliphatic heterocycles. The van der Waals surface area contributed by atoms with Crippen molar-refractivity contribution in [2.45, 2.75) is 25.4 Å². The Balaban J connectivity index is 0.00000300. The molecule has 162 valence electrons. The summed E-state index contributed by atoms with van der Waals surface area (Å²) < 4.78 is 27.9. The van der Waals surface area contributed by atoms with E-state index in [-0.39, 0.29) is 36.3 Å². The molecule has 0 radical (unpaired) electrons. The van der Waals surface area contributed by atoms with Crippen LogP contribution in [0, 0.1) is 5.92 Å². The minimum atomic E-state index is -3.29. The lowest BCUT2D eigenvalue weighted by molar-refractivity contribution is 0.184. The summed E-state index contributed by atoms with van der Waals surface area (Å²) in [5, 5.41) is 17.6. The molecule has 0 bridgehead atoms. The molecule has 0 spiro atoms. The second-order valence-corrected chi connectivity index (χ2v) is 10.1. The summed E-state index contributed by atoms with van der Waals surface area (Å²) in [6.07, 6.45) is 2.76. The topological polar surface area (TPSA) is 103 Å². The fourth-order valence-electron chi connectivity index (χ4n) is 3.00. The molecule has 3 rings (SSSR count). The van der Waals surface area contributed by atoms with Crippen LogP contribution < -0.4 is 15.4 Å². The molecule has 0 amide bonds. The standard InChI is InChI=1S/C19H28N4O3S2.HI/c1-20-19(21-9-10-28(25,26)23-12-14-5-4-6-14)22-13-16(24)18-11-15-7-2-3-8-17(15)27-18;/h2-3,7-8,11,14,16,23-24H,4-6,9-10,12-13H2,1H3,(H2,20,21,22);1H. The third-order valence-corrected chi connectivity index (χ3v) is 7.50. The van der Waals surface area contributed by atoms with E-state index in [1.54, 1.807) is 18.4 Å². The molecule has 2 aromatic rings. The molecule has 7 nitrogen and oxygen atoms in total. The van der Waals surface area contributed by atoms with Crippen LogP contribution in [-0.4, -0.2) is 51.9 Å². The van der Waals surface area contributed by atoms with E-state index in [9.17, 15) is 13.5 Å². The molecule has 10 heteroatoms. The van der Waals surface area contributed by atoms with Gasteiger partial charge in [0.25, 0.3) is 0 Å². The van der Waals surface area contributed by atoms with Crippen LogP contribution in [0.4, 0.5) is 0 Å². The van der Waals surface area contributed by atoms with Crippen LogP contribution in [0.25, 0.3) is 10.1 Å². The molecule has 1 saturated carbocycles. The van der Waals surface area contributed by atoms with E-state index in [1.807, 2.05) is 30.3 Å². The lowest BCUT2D eigenvalue weighted by atomic mass is 9.86. The Morgan fingerprint density at radius 3 is 2.72 bits per heavy atom. The lowest BCUT2D eigenvalue weighted by Gasteiger charge is -2.25. The molecule has 1 aromatic heterocycles. The number of benzene rings is 1. The number of sulfonamides is 1. The Hall–Kier alpha value is -0.950. The van der Waals surface area contributed by atoms with Gasteiger partial charge in [-0.05, 0) is 36.3 Å². The van der Waals surface area contributed by atoms with Crippen molar-refractivity contribution < 1.29 is 13.5 Å². The van der Waals surface area contributed by atoms with Gasteiger partial charge in [-0.3, -0.25) is 4.99 Å². The summed E-state index contributed by atoms with van der Waals surface area (Å²) in [6.45, 7) is 1.08. The molecule has 1 fully saturated rings. The quantitative estimate of drug-likeness (QED) is 0.218. The van der Waals surface area contributed by atoms with E-state index >= 15 is 0 Å². The van der Waals surface area contributed by atoms with Crippen molar-refractivity contribution in [2.24, 2.45) is 10.9 Å². The third-order valence-electron chi connectivity index (χ3n) is 4.94. The van der Waals surface area contributed by atoms with E-state index < -0.39 is 16.1 Å². The molecule has 0 saturated heterocycles. The number of aliphatic hydroxyl groups is 1. The van der Waals surface area contributed by atoms with Crippen molar-refractivity contribution in [2.75, 3.05) is 32.4 Å². The van der Waals surface area contributed by atoms with E-state index in [2.05, 4.69) is 20.3 Å². The molecule has 29 heavy (non-hydrogen) atoms. The zero-order chi connectivity index (χ0) is 20.0. The molecule has 1 aromatic carbocycles. The summed E-state index contributed by atoms with van der Waals surface area (Å²) in [5.74, 6) is 0.946. The number of aliphatic imine (C=N–C) groups is 1. The second-order valence-electron chi connectivity index (χ2n) is 7.05. The van der Waals surface area contributed by atoms with Crippen LogP contribution in [0.2, 0.25) is 0 Å². The van der Waals surface area contributed by atoms with Gasteiger partial charge in [-0.2, -0.15) is 0 Å². The van der Waals surface area contributed by atoms with Gasteiger partial charge in [0.2, 0.25) is 10.0 Å². The van der Waals surface area contributed by atoms with Crippen LogP contribution in [0.1, 0.15) is 30.2 Å². The van der Waals surface area contributed by atoms with Gasteiger partial charge in [-0.1, -0.05) is 24.6 Å². The van der Waals surface area contributed by atoms with Gasteiger partial charge < -0.3 is 15.7 Å². The zero-order valence-corrected chi connectivity index (χ0v) is 20.4. The van der Waals surface area contributed by atoms with Crippen LogP contribution in [0.3, 0.4) is 0 Å². The minimum absolute atomic E-state index is 0. The summed E-state index contributed by atoms with van der Waals surface area (Å²) in [5.41, 5.74) is 0. The van der Waals surface area contributed by atoms with Crippen LogP contribution in [-0.2, 0) is 10.0 Å². The largest absolute Gasteiger partial charge is 0.386 e. The first kappa shape index (κ1) is 24.3. The number of rotatable bonds is 9. The highest BCUT2D eigenvalue weighted by atomic mass is 127. The van der Waals surface area contributed by atoms with Crippen molar-refractivity contribution in [1.82, 2.24) is 15.4 Å². The zero-order valence-electron chi connectivity index (χ0n) is 16.4. The van der Waals surface area contributed by atoms with E-state index in [0.29, 0.717) is 25.0 Å². The Labute approximate surface area is 193 Å². The number of aliphatic hydroxyl groups excluding tert-OH is 1. The smallest absolute Gasteiger partial charge is 0.213 e. The van der Waals surface area contributed by atoms with Crippen LogP contribution in [0.5, 0.6) is 0 Å². The number of nitrogens with one attached hydrogen (secondary N) is 3. The van der Waals surface area contributed by atoms with Gasteiger partial charge in [0, 0.05) is 36.3 Å². The number of halogens is 1. The summed E-state index contributed by atoms with van der Waals surface area (Å²) in [4.78, 5) is 4.97. The molecule has 4 N–H and O–H groups in total. The Kier molecular flexibility index (Phi) is 9.60. The third kappa shape index (κ3) is 7.35. The predicted octanol–water partition coefficient (Wildman–Crippen LogP) is 2.44. The molecule has 1 unspecified atom stereocenters. The van der Waals surface area contributed by atoms with Crippen molar-refractivity contribution in [3.8, 4) is 0 Å². The van der Waals surface area contributed by atoms with Gasteiger partial charge in [0.1, 0.15) is 6.10 Å². The van der Waals surface area contributed by atoms with Crippen LogP contribution >= 0.6 is 35.3 Å². The summed E-state index contributed by atoms with van der Waals surface area (Å²) >= 11 is 1.56. The Bertz CT molecular complexity index is 880. The van der Waals surface area contributed by atoms with Gasteiger partial charge in [-0.15, -0.1) is 35.3 Å². The van der Waals surface area contributed by atoms with Gasteiger partial charge >= 0.3 is 0 Å². The molecule has 1 heterocycles. The summed E-state index contributed by atoms with van der Waals surface area (Å²) in [6, 6.07) is 10.0. The average Bonchev–Trinajstić information content (AvgIpc) is 3.07. The normalized spacial score (nSPS) is 16.1. The van der Waals surface area contributed by atoms with Crippen molar-refractivity contribution in [1.29, 1.82) is 0 Å². The molecule has 1 aliphatic carbocycles. The van der Waals surface area contributed by atoms with E-state index in [1.165, 1.54) is 6.42 Å². The average molecular weight is 553 g/mol. The van der Waals surface area contributed by atoms with Crippen molar-refractivity contribution in [3.05, 3.63) is 35.2 Å². The predicted molar refractivity (Wildman–Crippen MR) is 131 cm³/mol. The summed E-state index contributed by atoms with van der Waals surface area (Å²) in [7, 11) is -1.67. The number of hydrogen-bond donors (Lipinski definition) is 4. The van der Waals surface area contributed by atoms with Crippen molar-refractivity contribution in [3.63, 3.8) is 0 Å². The fourth-order valence-corrected chi connectivity index (χ4v) is 5.05. The molecular weight excluding hydrogens is 523 g/mol. The Morgan fingerprint density at radius 1 is 1.31 bits per heavy atom. The van der Waals surface area contributed by atoms with Gasteiger partial charge in [-0.25, -0.2) is 13.1 Å². The first-order valence-electron chi connectivity index (χ1n) is 9.55. The SMILES string of the molecule is CN=C(NCCS(=O)(=O)NCC1CCC1)NCC(O)c1cc2ccccc2s1.I. The maximum absolute atomic E-state index is 12.0.